The minimum atomic E-state index is -5.03. The molecular weight excluding hydrogens is 467 g/mol. The van der Waals surface area contributed by atoms with Crippen LogP contribution in [-0.4, -0.2) is 74.0 Å². The fraction of sp³-hybridized carbons (Fsp3) is 0.375. The van der Waals surface area contributed by atoms with Crippen LogP contribution in [0.1, 0.15) is 17.0 Å². The van der Waals surface area contributed by atoms with Gasteiger partial charge < -0.3 is 25.4 Å². The monoisotopic (exact) mass is 493 g/mol. The number of nitrogens with one attached hydrogen (secondary N) is 2. The molecule has 3 rings (SSSR count). The van der Waals surface area contributed by atoms with Crippen molar-refractivity contribution in [1.82, 2.24) is 15.5 Å². The number of hydrogen-bond acceptors (Lipinski definition) is 5. The number of carbonyl (C=O) groups is 3. The average Bonchev–Trinajstić information content (AvgIpc) is 3.09. The summed E-state index contributed by atoms with van der Waals surface area (Å²) in [6.07, 6.45) is -5.95. The quantitative estimate of drug-likeness (QED) is 0.496. The molecule has 1 unspecified atom stereocenters. The number of carboxylic acids is 1. The molecule has 2 atom stereocenters. The van der Waals surface area contributed by atoms with Crippen molar-refractivity contribution in [2.45, 2.75) is 18.1 Å². The standard InChI is InChI=1S/C24H26F3N3O5/c1-30(2)12-20(21(31)28-11-19(22(32)33)24(25,26)27)29-23(34)35-13-18-16-9-5-3-7-14(16)15-8-4-6-10-17(15)18/h3-10,18-20H,11-13H2,1-2H3,(H,28,31)(H,29,34)(H,32,33)/t19?,20-/m0/s1. The Bertz CT molecular complexity index is 1040. The van der Waals surface area contributed by atoms with Crippen molar-refractivity contribution in [3.05, 3.63) is 59.7 Å². The van der Waals surface area contributed by atoms with E-state index in [1.807, 2.05) is 53.8 Å². The highest BCUT2D eigenvalue weighted by atomic mass is 19.4. The number of nitrogens with zero attached hydrogens (tertiary/aromatic N) is 1. The molecular formula is C24H26F3N3O5. The molecule has 1 aliphatic rings. The second-order valence-corrected chi connectivity index (χ2v) is 8.46. The predicted octanol–water partition coefficient (Wildman–Crippen LogP) is 2.83. The van der Waals surface area contributed by atoms with Crippen molar-refractivity contribution in [2.75, 3.05) is 33.8 Å². The van der Waals surface area contributed by atoms with E-state index in [2.05, 4.69) is 5.32 Å². The molecule has 2 aromatic rings. The second-order valence-electron chi connectivity index (χ2n) is 8.46. The van der Waals surface area contributed by atoms with E-state index >= 15 is 0 Å². The number of aliphatic carboxylic acids is 1. The van der Waals surface area contributed by atoms with Crippen LogP contribution < -0.4 is 10.6 Å². The third-order valence-electron chi connectivity index (χ3n) is 5.67. The second kappa shape index (κ2) is 10.8. The molecule has 0 heterocycles. The molecule has 0 spiro atoms. The van der Waals surface area contributed by atoms with E-state index in [9.17, 15) is 27.6 Å². The molecule has 0 radical (unpaired) electrons. The molecule has 3 N–H and O–H groups in total. The highest BCUT2D eigenvalue weighted by Crippen LogP contribution is 2.44. The number of hydrogen-bond donors (Lipinski definition) is 3. The number of halogens is 3. The first-order chi connectivity index (χ1) is 16.5. The Labute approximate surface area is 200 Å². The van der Waals surface area contributed by atoms with Crippen molar-refractivity contribution >= 4 is 18.0 Å². The molecule has 11 heteroatoms. The van der Waals surface area contributed by atoms with Crippen molar-refractivity contribution in [1.29, 1.82) is 0 Å². The Morgan fingerprint density at radius 3 is 2.06 bits per heavy atom. The minimum absolute atomic E-state index is 0.00861. The van der Waals surface area contributed by atoms with E-state index in [1.54, 1.807) is 19.0 Å². The summed E-state index contributed by atoms with van der Waals surface area (Å²) in [4.78, 5) is 37.5. The van der Waals surface area contributed by atoms with Gasteiger partial charge in [-0.15, -0.1) is 0 Å². The Morgan fingerprint density at radius 1 is 1.03 bits per heavy atom. The third kappa shape index (κ3) is 6.30. The van der Waals surface area contributed by atoms with E-state index < -0.39 is 42.7 Å². The molecule has 0 saturated carbocycles. The first kappa shape index (κ1) is 26.0. The van der Waals surface area contributed by atoms with Crippen LogP contribution >= 0.6 is 0 Å². The fourth-order valence-corrected chi connectivity index (χ4v) is 4.01. The van der Waals surface area contributed by atoms with Crippen LogP contribution in [0, 0.1) is 5.92 Å². The summed E-state index contributed by atoms with van der Waals surface area (Å²) in [6, 6.07) is 14.2. The maximum absolute atomic E-state index is 12.9. The molecule has 0 aromatic heterocycles. The van der Waals surface area contributed by atoms with E-state index in [0.29, 0.717) is 0 Å². The average molecular weight is 493 g/mol. The van der Waals surface area contributed by atoms with Gasteiger partial charge in [0.25, 0.3) is 0 Å². The molecule has 2 aromatic carbocycles. The van der Waals surface area contributed by atoms with Gasteiger partial charge in [0.05, 0.1) is 0 Å². The minimum Gasteiger partial charge on any atom is -0.481 e. The van der Waals surface area contributed by atoms with Crippen LogP contribution in [0.3, 0.4) is 0 Å². The molecule has 188 valence electrons. The molecule has 1 aliphatic carbocycles. The highest BCUT2D eigenvalue weighted by Gasteiger charge is 2.45. The summed E-state index contributed by atoms with van der Waals surface area (Å²) in [6.45, 7) is -1.21. The number of ether oxygens (including phenoxy) is 1. The lowest BCUT2D eigenvalue weighted by molar-refractivity contribution is -0.192. The lowest BCUT2D eigenvalue weighted by Gasteiger charge is -2.23. The zero-order valence-electron chi connectivity index (χ0n) is 19.1. The van der Waals surface area contributed by atoms with E-state index in [1.165, 1.54) is 0 Å². The number of amides is 2. The SMILES string of the molecule is CN(C)C[C@H](NC(=O)OCC1c2ccccc2-c2ccccc21)C(=O)NCC(C(=O)O)C(F)(F)F. The Hall–Kier alpha value is -3.60. The molecule has 2 amide bonds. The van der Waals surface area contributed by atoms with E-state index in [0.717, 1.165) is 22.3 Å². The van der Waals surface area contributed by atoms with E-state index in [-0.39, 0.29) is 19.1 Å². The van der Waals surface area contributed by atoms with Crippen LogP contribution in [0.25, 0.3) is 11.1 Å². The van der Waals surface area contributed by atoms with Crippen molar-refractivity contribution in [3.8, 4) is 11.1 Å². The zero-order valence-corrected chi connectivity index (χ0v) is 19.1. The third-order valence-corrected chi connectivity index (χ3v) is 5.67. The molecule has 0 aliphatic heterocycles. The van der Waals surface area contributed by atoms with Gasteiger partial charge in [-0.2, -0.15) is 13.2 Å². The normalized spacial score (nSPS) is 14.6. The largest absolute Gasteiger partial charge is 0.481 e. The summed E-state index contributed by atoms with van der Waals surface area (Å²) >= 11 is 0. The molecule has 35 heavy (non-hydrogen) atoms. The number of carboxylic acid groups (broad SMARTS) is 1. The van der Waals surface area contributed by atoms with Gasteiger partial charge in [-0.05, 0) is 36.3 Å². The Morgan fingerprint density at radius 2 is 1.57 bits per heavy atom. The Balaban J connectivity index is 1.64. The van der Waals surface area contributed by atoms with Gasteiger partial charge in [0.1, 0.15) is 12.6 Å². The van der Waals surface area contributed by atoms with Gasteiger partial charge in [0, 0.05) is 19.0 Å². The topological polar surface area (TPSA) is 108 Å². The van der Waals surface area contributed by atoms with Gasteiger partial charge in [-0.25, -0.2) is 4.79 Å². The summed E-state index contributed by atoms with van der Waals surface area (Å²) in [7, 11) is 3.21. The number of fused-ring (bicyclic) bond motifs is 3. The summed E-state index contributed by atoms with van der Waals surface area (Å²) < 4.78 is 44.0. The number of benzene rings is 2. The maximum atomic E-state index is 12.9. The predicted molar refractivity (Wildman–Crippen MR) is 121 cm³/mol. The lowest BCUT2D eigenvalue weighted by Crippen LogP contribution is -2.53. The number of alkyl halides is 3. The number of alkyl carbamates (subject to hydrolysis) is 1. The first-order valence-electron chi connectivity index (χ1n) is 10.8. The van der Waals surface area contributed by atoms with E-state index in [4.69, 9.17) is 9.84 Å². The van der Waals surface area contributed by atoms with Gasteiger partial charge in [-0.3, -0.25) is 9.59 Å². The van der Waals surface area contributed by atoms with Crippen LogP contribution in [0.15, 0.2) is 48.5 Å². The first-order valence-corrected chi connectivity index (χ1v) is 10.8. The van der Waals surface area contributed by atoms with Gasteiger partial charge >= 0.3 is 18.2 Å². The van der Waals surface area contributed by atoms with Gasteiger partial charge in [0.15, 0.2) is 5.92 Å². The lowest BCUT2D eigenvalue weighted by atomic mass is 9.98. The highest BCUT2D eigenvalue weighted by molar-refractivity contribution is 5.86. The smallest absolute Gasteiger partial charge is 0.407 e. The van der Waals surface area contributed by atoms with Crippen molar-refractivity contribution < 1.29 is 37.4 Å². The number of rotatable bonds is 9. The van der Waals surface area contributed by atoms with Crippen LogP contribution in [0.4, 0.5) is 18.0 Å². The number of likely N-dealkylation sites (N-methyl/N-ethyl adjacent to an activating group) is 1. The van der Waals surface area contributed by atoms with Crippen LogP contribution in [0.5, 0.6) is 0 Å². The van der Waals surface area contributed by atoms with Crippen LogP contribution in [-0.2, 0) is 14.3 Å². The summed E-state index contributed by atoms with van der Waals surface area (Å²) in [5, 5.41) is 13.1. The van der Waals surface area contributed by atoms with Crippen molar-refractivity contribution in [2.24, 2.45) is 5.92 Å². The van der Waals surface area contributed by atoms with Gasteiger partial charge in [0.2, 0.25) is 5.91 Å². The molecule has 0 bridgehead atoms. The molecule has 0 fully saturated rings. The molecule has 8 nitrogen and oxygen atoms in total. The van der Waals surface area contributed by atoms with Crippen molar-refractivity contribution in [3.63, 3.8) is 0 Å². The molecule has 0 saturated heterocycles. The Kier molecular flexibility index (Phi) is 8.00. The number of carbonyl (C=O) groups excluding carboxylic acids is 2. The van der Waals surface area contributed by atoms with Gasteiger partial charge in [-0.1, -0.05) is 48.5 Å². The zero-order chi connectivity index (χ0) is 25.8. The summed E-state index contributed by atoms with van der Waals surface area (Å²) in [5.74, 6) is -6.03. The fourth-order valence-electron chi connectivity index (χ4n) is 4.01. The van der Waals surface area contributed by atoms with Crippen LogP contribution in [0.2, 0.25) is 0 Å². The summed E-state index contributed by atoms with van der Waals surface area (Å²) in [5.41, 5.74) is 4.08. The maximum Gasteiger partial charge on any atom is 0.407 e.